The second kappa shape index (κ2) is 5.83. The molecule has 104 valence electrons. The number of hydrogen-bond acceptors (Lipinski definition) is 7. The lowest BCUT2D eigenvalue weighted by atomic mass is 10.2. The number of rotatable bonds is 4. The molecule has 2 aromatic rings. The number of methoxy groups -OCH3 is 1. The van der Waals surface area contributed by atoms with Crippen LogP contribution >= 0.6 is 0 Å². The van der Waals surface area contributed by atoms with E-state index in [1.54, 1.807) is 12.1 Å². The van der Waals surface area contributed by atoms with Crippen molar-refractivity contribution in [2.24, 2.45) is 4.99 Å². The van der Waals surface area contributed by atoms with Crippen LogP contribution in [0.25, 0.3) is 0 Å². The average molecular weight is 276 g/mol. The van der Waals surface area contributed by atoms with E-state index in [4.69, 9.17) is 4.74 Å². The maximum Gasteiger partial charge on any atom is 0.241 e. The zero-order chi connectivity index (χ0) is 14.5. The third-order valence-electron chi connectivity index (χ3n) is 2.31. The molecule has 0 aliphatic carbocycles. The summed E-state index contributed by atoms with van der Waals surface area (Å²) < 4.78 is 9.49. The van der Waals surface area contributed by atoms with Gasteiger partial charge in [0.25, 0.3) is 0 Å². The van der Waals surface area contributed by atoms with E-state index in [9.17, 15) is 9.90 Å². The van der Waals surface area contributed by atoms with Gasteiger partial charge in [0.2, 0.25) is 17.5 Å². The number of carbonyl (C=O) groups is 1. The average Bonchev–Trinajstić information content (AvgIpc) is 2.84. The maximum absolute atomic E-state index is 10.9. The molecular weight excluding hydrogens is 264 g/mol. The fourth-order valence-corrected chi connectivity index (χ4v) is 1.42. The van der Waals surface area contributed by atoms with Gasteiger partial charge < -0.3 is 15.2 Å². The summed E-state index contributed by atoms with van der Waals surface area (Å²) in [4.78, 5) is 15.0. The molecule has 20 heavy (non-hydrogen) atoms. The molecule has 8 heteroatoms. The summed E-state index contributed by atoms with van der Waals surface area (Å²) in [5.41, 5.74) is 0.677. The Labute approximate surface area is 114 Å². The smallest absolute Gasteiger partial charge is 0.241 e. The highest BCUT2D eigenvalue weighted by atomic mass is 16.6. The molecule has 8 nitrogen and oxygen atoms in total. The Morgan fingerprint density at radius 1 is 1.50 bits per heavy atom. The van der Waals surface area contributed by atoms with Gasteiger partial charge in [0.15, 0.2) is 11.5 Å². The Balaban J connectivity index is 2.21. The van der Waals surface area contributed by atoms with E-state index in [1.165, 1.54) is 26.3 Å². The van der Waals surface area contributed by atoms with Crippen LogP contribution < -0.4 is 10.1 Å². The summed E-state index contributed by atoms with van der Waals surface area (Å²) in [6, 6.07) is 4.73. The van der Waals surface area contributed by atoms with Gasteiger partial charge in [0.05, 0.1) is 7.11 Å². The molecule has 0 saturated heterocycles. The van der Waals surface area contributed by atoms with Crippen LogP contribution in [0.15, 0.2) is 27.8 Å². The number of nitrogens with one attached hydrogen (secondary N) is 1. The van der Waals surface area contributed by atoms with Gasteiger partial charge >= 0.3 is 0 Å². The van der Waals surface area contributed by atoms with Crippen LogP contribution in [0.2, 0.25) is 0 Å². The van der Waals surface area contributed by atoms with Gasteiger partial charge in [-0.25, -0.2) is 9.62 Å². The number of anilines is 1. The minimum Gasteiger partial charge on any atom is -0.504 e. The molecule has 0 saturated carbocycles. The van der Waals surface area contributed by atoms with Crippen LogP contribution in [0.5, 0.6) is 11.5 Å². The number of aromatic nitrogens is 2. The first-order valence-corrected chi connectivity index (χ1v) is 5.61. The van der Waals surface area contributed by atoms with Crippen molar-refractivity contribution >= 4 is 23.8 Å². The molecule has 0 aliphatic rings. The Bertz CT molecular complexity index is 651. The largest absolute Gasteiger partial charge is 0.504 e. The molecule has 0 bridgehead atoms. The van der Waals surface area contributed by atoms with Gasteiger partial charge in [-0.2, -0.15) is 0 Å². The van der Waals surface area contributed by atoms with Crippen LogP contribution in [0.4, 0.5) is 11.6 Å². The van der Waals surface area contributed by atoms with Crippen LogP contribution in [0.3, 0.4) is 0 Å². The third-order valence-corrected chi connectivity index (χ3v) is 2.31. The summed E-state index contributed by atoms with van der Waals surface area (Å²) in [6.07, 6.45) is 1.48. The molecule has 1 aromatic carbocycles. The van der Waals surface area contributed by atoms with Crippen LogP contribution in [0.1, 0.15) is 12.5 Å². The molecule has 0 radical (unpaired) electrons. The maximum atomic E-state index is 10.9. The van der Waals surface area contributed by atoms with E-state index in [0.717, 1.165) is 0 Å². The predicted molar refractivity (Wildman–Crippen MR) is 70.5 cm³/mol. The van der Waals surface area contributed by atoms with Crippen molar-refractivity contribution in [1.82, 2.24) is 10.3 Å². The SMILES string of the molecule is COc1cc(C=Nc2nonc2NC(C)=O)ccc1O. The number of carbonyl (C=O) groups excluding carboxylic acids is 1. The highest BCUT2D eigenvalue weighted by Crippen LogP contribution is 2.26. The molecule has 0 aliphatic heterocycles. The molecular formula is C12H12N4O4. The summed E-state index contributed by atoms with van der Waals surface area (Å²) in [6.45, 7) is 1.34. The number of benzene rings is 1. The highest BCUT2D eigenvalue weighted by Gasteiger charge is 2.09. The first kappa shape index (κ1) is 13.5. The van der Waals surface area contributed by atoms with Crippen molar-refractivity contribution < 1.29 is 19.3 Å². The molecule has 0 fully saturated rings. The number of aliphatic imine (C=N–C) groups is 1. The number of phenolic OH excluding ortho intramolecular Hbond substituents is 1. The monoisotopic (exact) mass is 276 g/mol. The molecule has 0 atom stereocenters. The van der Waals surface area contributed by atoms with Gasteiger partial charge in [-0.1, -0.05) is 0 Å². The molecule has 0 unspecified atom stereocenters. The first-order valence-electron chi connectivity index (χ1n) is 5.61. The Morgan fingerprint density at radius 2 is 2.30 bits per heavy atom. The summed E-state index contributed by atoms with van der Waals surface area (Å²) in [5, 5.41) is 19.0. The van der Waals surface area contributed by atoms with E-state index >= 15 is 0 Å². The Kier molecular flexibility index (Phi) is 3.94. The van der Waals surface area contributed by atoms with Crippen molar-refractivity contribution in [1.29, 1.82) is 0 Å². The van der Waals surface area contributed by atoms with Gasteiger partial charge in [0.1, 0.15) is 0 Å². The first-order chi connectivity index (χ1) is 9.60. The lowest BCUT2D eigenvalue weighted by molar-refractivity contribution is -0.114. The van der Waals surface area contributed by atoms with Crippen molar-refractivity contribution in [3.05, 3.63) is 23.8 Å². The minimum absolute atomic E-state index is 0.0340. The van der Waals surface area contributed by atoms with Crippen LogP contribution in [0, 0.1) is 0 Å². The van der Waals surface area contributed by atoms with Gasteiger partial charge in [-0.3, -0.25) is 4.79 Å². The summed E-state index contributed by atoms with van der Waals surface area (Å²) in [5.74, 6) is 0.344. The lowest BCUT2D eigenvalue weighted by Gasteiger charge is -2.03. The van der Waals surface area contributed by atoms with Crippen LogP contribution in [-0.2, 0) is 4.79 Å². The highest BCUT2D eigenvalue weighted by molar-refractivity contribution is 5.91. The minimum atomic E-state index is -0.302. The van der Waals surface area contributed by atoms with Gasteiger partial charge in [-0.05, 0) is 34.1 Å². The topological polar surface area (TPSA) is 110 Å². The Morgan fingerprint density at radius 3 is 3.00 bits per heavy atom. The van der Waals surface area contributed by atoms with Crippen molar-refractivity contribution in [3.8, 4) is 11.5 Å². The zero-order valence-corrected chi connectivity index (χ0v) is 10.8. The summed E-state index contributed by atoms with van der Waals surface area (Å²) in [7, 11) is 1.45. The van der Waals surface area contributed by atoms with E-state index in [1.807, 2.05) is 0 Å². The molecule has 2 rings (SSSR count). The van der Waals surface area contributed by atoms with Gasteiger partial charge in [-0.15, -0.1) is 0 Å². The normalized spacial score (nSPS) is 10.7. The number of amides is 1. The summed E-state index contributed by atoms with van der Waals surface area (Å²) >= 11 is 0. The van der Waals surface area contributed by atoms with E-state index in [2.05, 4.69) is 25.3 Å². The molecule has 2 N–H and O–H groups in total. The van der Waals surface area contributed by atoms with Crippen molar-refractivity contribution in [2.45, 2.75) is 6.92 Å². The Hall–Kier alpha value is -2.90. The quantitative estimate of drug-likeness (QED) is 0.819. The number of aromatic hydroxyl groups is 1. The molecule has 1 heterocycles. The standard InChI is InChI=1S/C12H12N4O4/c1-7(17)14-12-11(15-20-16-12)13-6-8-3-4-9(18)10(5-8)19-2/h3-6,18H,1-2H3,(H,14,16,17). The van der Waals surface area contributed by atoms with E-state index in [0.29, 0.717) is 11.3 Å². The van der Waals surface area contributed by atoms with Gasteiger partial charge in [0, 0.05) is 13.1 Å². The number of ether oxygens (including phenoxy) is 1. The van der Waals surface area contributed by atoms with Crippen molar-refractivity contribution in [3.63, 3.8) is 0 Å². The number of nitrogens with zero attached hydrogens (tertiary/aromatic N) is 3. The number of phenols is 1. The van der Waals surface area contributed by atoms with Crippen molar-refractivity contribution in [2.75, 3.05) is 12.4 Å². The second-order valence-electron chi connectivity index (χ2n) is 3.81. The number of hydrogen-bond donors (Lipinski definition) is 2. The second-order valence-corrected chi connectivity index (χ2v) is 3.81. The lowest BCUT2D eigenvalue weighted by Crippen LogP contribution is -2.05. The van der Waals surface area contributed by atoms with E-state index in [-0.39, 0.29) is 23.3 Å². The van der Waals surface area contributed by atoms with E-state index < -0.39 is 0 Å². The predicted octanol–water partition coefficient (Wildman–Crippen LogP) is 1.49. The van der Waals surface area contributed by atoms with Crippen LogP contribution in [-0.4, -0.2) is 34.7 Å². The zero-order valence-electron chi connectivity index (χ0n) is 10.8. The molecule has 1 aromatic heterocycles. The fraction of sp³-hybridized carbons (Fsp3) is 0.167. The third kappa shape index (κ3) is 3.10. The molecule has 0 spiro atoms. The fourth-order valence-electron chi connectivity index (χ4n) is 1.42. The molecule has 1 amide bonds.